The Morgan fingerprint density at radius 1 is 1.65 bits per heavy atom. The summed E-state index contributed by atoms with van der Waals surface area (Å²) in [4.78, 5) is 14.7. The summed E-state index contributed by atoms with van der Waals surface area (Å²) in [6.07, 6.45) is 2.68. The van der Waals surface area contributed by atoms with Crippen LogP contribution in [0.2, 0.25) is 0 Å². The number of hydrogen-bond acceptors (Lipinski definition) is 4. The van der Waals surface area contributed by atoms with Gasteiger partial charge < -0.3 is 14.4 Å². The van der Waals surface area contributed by atoms with Gasteiger partial charge in [-0.1, -0.05) is 11.8 Å². The molecule has 0 aliphatic carbocycles. The number of carboxylic acid groups (broad SMARTS) is 1. The van der Waals surface area contributed by atoms with Crippen molar-refractivity contribution < 1.29 is 14.6 Å². The van der Waals surface area contributed by atoms with Crippen molar-refractivity contribution in [3.05, 3.63) is 11.9 Å². The van der Waals surface area contributed by atoms with Crippen LogP contribution in [-0.4, -0.2) is 39.6 Å². The smallest absolute Gasteiger partial charge is 0.313 e. The molecular formula is C11H18N2O3S. The first-order chi connectivity index (χ1) is 8.15. The minimum absolute atomic E-state index is 0.0436. The summed E-state index contributed by atoms with van der Waals surface area (Å²) in [5.41, 5.74) is 1.05. The number of imidazole rings is 1. The minimum atomic E-state index is -0.823. The molecule has 96 valence electrons. The summed E-state index contributed by atoms with van der Waals surface area (Å²) in [5.74, 6) is -0.779. The Kier molecular flexibility index (Phi) is 6.07. The average molecular weight is 258 g/mol. The number of carbonyl (C=O) groups is 1. The van der Waals surface area contributed by atoms with Crippen LogP contribution in [0.1, 0.15) is 19.0 Å². The number of aromatic nitrogens is 2. The van der Waals surface area contributed by atoms with Crippen LogP contribution >= 0.6 is 11.8 Å². The zero-order chi connectivity index (χ0) is 12.7. The van der Waals surface area contributed by atoms with Gasteiger partial charge in [0, 0.05) is 31.6 Å². The number of nitrogens with zero attached hydrogens (tertiary/aromatic N) is 2. The molecule has 6 heteroatoms. The monoisotopic (exact) mass is 258 g/mol. The molecule has 1 rings (SSSR count). The molecule has 5 nitrogen and oxygen atoms in total. The van der Waals surface area contributed by atoms with E-state index in [-0.39, 0.29) is 5.75 Å². The van der Waals surface area contributed by atoms with Gasteiger partial charge in [-0.05, 0) is 20.3 Å². The van der Waals surface area contributed by atoms with Crippen LogP contribution in [-0.2, 0) is 16.1 Å². The Balaban J connectivity index is 2.50. The Morgan fingerprint density at radius 2 is 2.41 bits per heavy atom. The van der Waals surface area contributed by atoms with E-state index in [1.54, 1.807) is 6.20 Å². The van der Waals surface area contributed by atoms with Crippen molar-refractivity contribution in [3.63, 3.8) is 0 Å². The van der Waals surface area contributed by atoms with Gasteiger partial charge in [-0.3, -0.25) is 4.79 Å². The fraction of sp³-hybridized carbons (Fsp3) is 0.636. The van der Waals surface area contributed by atoms with Gasteiger partial charge in [-0.15, -0.1) is 0 Å². The molecule has 0 aliphatic heterocycles. The van der Waals surface area contributed by atoms with E-state index in [2.05, 4.69) is 4.98 Å². The molecule has 1 N–H and O–H groups in total. The van der Waals surface area contributed by atoms with Gasteiger partial charge in [0.25, 0.3) is 0 Å². The number of hydrogen-bond donors (Lipinski definition) is 1. The van der Waals surface area contributed by atoms with E-state index in [1.807, 2.05) is 18.4 Å². The predicted octanol–water partition coefficient (Wildman–Crippen LogP) is 1.79. The SMILES string of the molecule is CCOCCCn1c(C)cnc1SCC(=O)O. The number of aliphatic carboxylic acids is 1. The molecule has 1 aromatic heterocycles. The molecule has 0 saturated heterocycles. The summed E-state index contributed by atoms with van der Waals surface area (Å²) in [6, 6.07) is 0. The van der Waals surface area contributed by atoms with E-state index in [1.165, 1.54) is 11.8 Å². The quantitative estimate of drug-likeness (QED) is 0.569. The Hall–Kier alpha value is -1.01. The molecule has 0 radical (unpaired) electrons. The number of thioether (sulfide) groups is 1. The Morgan fingerprint density at radius 3 is 3.06 bits per heavy atom. The van der Waals surface area contributed by atoms with E-state index in [4.69, 9.17) is 9.84 Å². The third-order valence-electron chi connectivity index (χ3n) is 2.22. The summed E-state index contributed by atoms with van der Waals surface area (Å²) < 4.78 is 7.31. The topological polar surface area (TPSA) is 64.4 Å². The highest BCUT2D eigenvalue weighted by atomic mass is 32.2. The van der Waals surface area contributed by atoms with Crippen molar-refractivity contribution in [2.45, 2.75) is 32.0 Å². The second-order valence-electron chi connectivity index (χ2n) is 3.57. The largest absolute Gasteiger partial charge is 0.481 e. The van der Waals surface area contributed by atoms with Crippen LogP contribution in [0, 0.1) is 6.92 Å². The van der Waals surface area contributed by atoms with Crippen LogP contribution < -0.4 is 0 Å². The molecule has 0 bridgehead atoms. The lowest BCUT2D eigenvalue weighted by atomic mass is 10.4. The van der Waals surface area contributed by atoms with Crippen LogP contribution in [0.3, 0.4) is 0 Å². The lowest BCUT2D eigenvalue weighted by molar-refractivity contribution is -0.133. The maximum Gasteiger partial charge on any atom is 0.313 e. The van der Waals surface area contributed by atoms with Crippen molar-refractivity contribution in [2.75, 3.05) is 19.0 Å². The molecule has 1 heterocycles. The Labute approximate surface area is 105 Å². The van der Waals surface area contributed by atoms with E-state index < -0.39 is 5.97 Å². The standard InChI is InChI=1S/C11H18N2O3S/c1-3-16-6-4-5-13-9(2)7-12-11(13)17-8-10(14)15/h7H,3-6,8H2,1-2H3,(H,14,15). The summed E-state index contributed by atoms with van der Waals surface area (Å²) in [5, 5.41) is 9.41. The van der Waals surface area contributed by atoms with Crippen molar-refractivity contribution in [1.29, 1.82) is 0 Å². The number of rotatable bonds is 8. The van der Waals surface area contributed by atoms with E-state index in [0.29, 0.717) is 0 Å². The molecule has 0 aromatic carbocycles. The zero-order valence-electron chi connectivity index (χ0n) is 10.2. The first-order valence-corrected chi connectivity index (χ1v) is 6.58. The highest BCUT2D eigenvalue weighted by Crippen LogP contribution is 2.18. The van der Waals surface area contributed by atoms with Crippen LogP contribution in [0.25, 0.3) is 0 Å². The predicted molar refractivity (Wildman–Crippen MR) is 66.4 cm³/mol. The summed E-state index contributed by atoms with van der Waals surface area (Å²) in [6.45, 7) is 6.20. The fourth-order valence-electron chi connectivity index (χ4n) is 1.42. The van der Waals surface area contributed by atoms with Crippen molar-refractivity contribution in [1.82, 2.24) is 9.55 Å². The second-order valence-corrected chi connectivity index (χ2v) is 4.51. The summed E-state index contributed by atoms with van der Waals surface area (Å²) in [7, 11) is 0. The molecule has 17 heavy (non-hydrogen) atoms. The number of ether oxygens (including phenoxy) is 1. The van der Waals surface area contributed by atoms with E-state index in [0.717, 1.165) is 37.0 Å². The van der Waals surface area contributed by atoms with Gasteiger partial charge in [0.15, 0.2) is 5.16 Å². The first kappa shape index (κ1) is 14.1. The van der Waals surface area contributed by atoms with E-state index >= 15 is 0 Å². The molecule has 0 aliphatic rings. The summed E-state index contributed by atoms with van der Waals surface area (Å²) >= 11 is 1.25. The lowest BCUT2D eigenvalue weighted by Gasteiger charge is -2.08. The third kappa shape index (κ3) is 4.79. The van der Waals surface area contributed by atoms with Gasteiger partial charge in [0.1, 0.15) is 0 Å². The number of carboxylic acids is 1. The van der Waals surface area contributed by atoms with Gasteiger partial charge in [-0.2, -0.15) is 0 Å². The Bertz CT molecular complexity index is 366. The van der Waals surface area contributed by atoms with Crippen LogP contribution in [0.5, 0.6) is 0 Å². The third-order valence-corrected chi connectivity index (χ3v) is 3.19. The van der Waals surface area contributed by atoms with Crippen LogP contribution in [0.4, 0.5) is 0 Å². The van der Waals surface area contributed by atoms with Gasteiger partial charge >= 0.3 is 5.97 Å². The molecule has 0 amide bonds. The maximum absolute atomic E-state index is 10.5. The average Bonchev–Trinajstić information content (AvgIpc) is 2.63. The van der Waals surface area contributed by atoms with Crippen molar-refractivity contribution in [2.24, 2.45) is 0 Å². The molecule has 0 saturated carbocycles. The minimum Gasteiger partial charge on any atom is -0.481 e. The van der Waals surface area contributed by atoms with Gasteiger partial charge in [-0.25, -0.2) is 4.98 Å². The first-order valence-electron chi connectivity index (χ1n) is 5.59. The van der Waals surface area contributed by atoms with E-state index in [9.17, 15) is 4.79 Å². The molecule has 0 spiro atoms. The van der Waals surface area contributed by atoms with Crippen molar-refractivity contribution >= 4 is 17.7 Å². The van der Waals surface area contributed by atoms with Gasteiger partial charge in [0.2, 0.25) is 0 Å². The zero-order valence-corrected chi connectivity index (χ0v) is 11.0. The molecule has 0 atom stereocenters. The van der Waals surface area contributed by atoms with Crippen molar-refractivity contribution in [3.8, 4) is 0 Å². The van der Waals surface area contributed by atoms with Gasteiger partial charge in [0.05, 0.1) is 5.75 Å². The molecular weight excluding hydrogens is 240 g/mol. The van der Waals surface area contributed by atoms with Crippen LogP contribution in [0.15, 0.2) is 11.4 Å². The highest BCUT2D eigenvalue weighted by Gasteiger charge is 2.09. The second kappa shape index (κ2) is 7.34. The normalized spacial score (nSPS) is 10.7. The fourth-order valence-corrected chi connectivity index (χ4v) is 2.19. The maximum atomic E-state index is 10.5. The number of aryl methyl sites for hydroxylation is 1. The lowest BCUT2D eigenvalue weighted by Crippen LogP contribution is -2.07. The highest BCUT2D eigenvalue weighted by molar-refractivity contribution is 7.99. The molecule has 0 unspecified atom stereocenters. The molecule has 0 fully saturated rings. The molecule has 1 aromatic rings.